The number of hydrogen-bond acceptors (Lipinski definition) is 8. The molecular formula is C20H14ClN7O5. The number of carbonyl (C=O) groups is 1. The number of carbonyl (C=O) groups excluding carboxylic acids is 1. The maximum atomic E-state index is 12.3. The second-order valence-electron chi connectivity index (χ2n) is 6.68. The van der Waals surface area contributed by atoms with E-state index in [4.69, 9.17) is 22.1 Å². The number of primary amides is 1. The standard InChI is InChI=1S/C20H14ClN7O5/c1-33-15-8-11(21)5-6-14(15)24-25-17-16(10-3-2-4-12(7-10)28(31)32)26-27-9-13(18(22)29)20(30)23-19(17)27/h2-9H,1H3,(H2,22,29)(H,23,30)/b25-24+. The van der Waals surface area contributed by atoms with Gasteiger partial charge in [-0.2, -0.15) is 5.10 Å². The predicted octanol–water partition coefficient (Wildman–Crippen LogP) is 3.77. The zero-order valence-corrected chi connectivity index (χ0v) is 17.6. The van der Waals surface area contributed by atoms with Gasteiger partial charge in [0.15, 0.2) is 11.3 Å². The van der Waals surface area contributed by atoms with Crippen molar-refractivity contribution in [2.45, 2.75) is 0 Å². The summed E-state index contributed by atoms with van der Waals surface area (Å²) < 4.78 is 6.46. The van der Waals surface area contributed by atoms with Crippen LogP contribution in [0.3, 0.4) is 0 Å². The van der Waals surface area contributed by atoms with Gasteiger partial charge >= 0.3 is 0 Å². The van der Waals surface area contributed by atoms with E-state index in [0.29, 0.717) is 22.0 Å². The molecule has 33 heavy (non-hydrogen) atoms. The highest BCUT2D eigenvalue weighted by molar-refractivity contribution is 6.30. The van der Waals surface area contributed by atoms with Gasteiger partial charge in [0.05, 0.1) is 12.0 Å². The SMILES string of the molecule is COc1cc(Cl)ccc1/N=N/c1c(-c2cccc([N+](=O)[O-])c2)nn2cc(C(N)=O)c(=O)[nH]c12. The van der Waals surface area contributed by atoms with Crippen LogP contribution in [0.15, 0.2) is 63.7 Å². The van der Waals surface area contributed by atoms with E-state index in [9.17, 15) is 19.7 Å². The predicted molar refractivity (Wildman–Crippen MR) is 119 cm³/mol. The molecule has 0 radical (unpaired) electrons. The van der Waals surface area contributed by atoms with Crippen LogP contribution in [0.5, 0.6) is 5.75 Å². The Morgan fingerprint density at radius 1 is 1.27 bits per heavy atom. The fraction of sp³-hybridized carbons (Fsp3) is 0.0500. The van der Waals surface area contributed by atoms with Crippen LogP contribution in [-0.4, -0.2) is 32.5 Å². The number of H-pyrrole nitrogens is 1. The van der Waals surface area contributed by atoms with E-state index >= 15 is 0 Å². The summed E-state index contributed by atoms with van der Waals surface area (Å²) in [4.78, 5) is 37.1. The molecule has 2 aromatic carbocycles. The number of non-ortho nitro benzene ring substituents is 1. The van der Waals surface area contributed by atoms with Gasteiger partial charge in [-0.15, -0.1) is 10.2 Å². The summed E-state index contributed by atoms with van der Waals surface area (Å²) in [5.74, 6) is -0.594. The van der Waals surface area contributed by atoms with Gasteiger partial charge in [0.25, 0.3) is 17.2 Å². The Labute approximate surface area is 189 Å². The lowest BCUT2D eigenvalue weighted by molar-refractivity contribution is -0.384. The molecule has 0 aliphatic heterocycles. The number of nitro groups is 1. The van der Waals surface area contributed by atoms with E-state index in [0.717, 1.165) is 6.20 Å². The molecule has 0 atom stereocenters. The first-order valence-electron chi connectivity index (χ1n) is 9.24. The van der Waals surface area contributed by atoms with Gasteiger partial charge in [-0.05, 0) is 12.1 Å². The first kappa shape index (κ1) is 21.6. The molecule has 2 aromatic heterocycles. The van der Waals surface area contributed by atoms with Gasteiger partial charge in [-0.25, -0.2) is 4.52 Å². The molecular weight excluding hydrogens is 454 g/mol. The minimum absolute atomic E-state index is 0.0978. The quantitative estimate of drug-likeness (QED) is 0.248. The van der Waals surface area contributed by atoms with E-state index in [2.05, 4.69) is 20.3 Å². The highest BCUT2D eigenvalue weighted by Crippen LogP contribution is 2.37. The number of nitrogens with two attached hydrogens (primary N) is 1. The van der Waals surface area contributed by atoms with Gasteiger partial charge in [0.1, 0.15) is 22.7 Å². The summed E-state index contributed by atoms with van der Waals surface area (Å²) in [5, 5.41) is 24.4. The number of aromatic nitrogens is 3. The number of methoxy groups -OCH3 is 1. The van der Waals surface area contributed by atoms with Crippen LogP contribution in [0.4, 0.5) is 17.1 Å². The number of halogens is 1. The van der Waals surface area contributed by atoms with Gasteiger partial charge in [-0.1, -0.05) is 23.7 Å². The van der Waals surface area contributed by atoms with Gasteiger partial charge < -0.3 is 15.5 Å². The zero-order chi connectivity index (χ0) is 23.7. The van der Waals surface area contributed by atoms with Crippen molar-refractivity contribution in [3.8, 4) is 17.0 Å². The number of amides is 1. The second kappa shape index (κ2) is 8.51. The third kappa shape index (κ3) is 4.14. The van der Waals surface area contributed by atoms with Crippen molar-refractivity contribution in [1.29, 1.82) is 0 Å². The zero-order valence-electron chi connectivity index (χ0n) is 16.9. The molecule has 0 aliphatic carbocycles. The van der Waals surface area contributed by atoms with Crippen molar-refractivity contribution >= 4 is 40.2 Å². The van der Waals surface area contributed by atoms with Crippen LogP contribution in [-0.2, 0) is 0 Å². The van der Waals surface area contributed by atoms with E-state index in [-0.39, 0.29) is 28.3 Å². The van der Waals surface area contributed by atoms with Crippen molar-refractivity contribution in [3.63, 3.8) is 0 Å². The second-order valence-corrected chi connectivity index (χ2v) is 7.11. The average Bonchev–Trinajstić information content (AvgIpc) is 3.14. The first-order valence-corrected chi connectivity index (χ1v) is 9.62. The molecule has 4 rings (SSSR count). The summed E-state index contributed by atoms with van der Waals surface area (Å²) in [6, 6.07) is 10.4. The highest BCUT2D eigenvalue weighted by atomic mass is 35.5. The summed E-state index contributed by atoms with van der Waals surface area (Å²) in [5.41, 5.74) is 5.06. The number of nitrogens with one attached hydrogen (secondary N) is 1. The molecule has 166 valence electrons. The molecule has 2 heterocycles. The molecule has 0 spiro atoms. The normalized spacial score (nSPS) is 11.2. The minimum atomic E-state index is -0.945. The largest absolute Gasteiger partial charge is 0.494 e. The molecule has 0 aliphatic rings. The Morgan fingerprint density at radius 3 is 2.76 bits per heavy atom. The maximum absolute atomic E-state index is 12.3. The lowest BCUT2D eigenvalue weighted by atomic mass is 10.1. The average molecular weight is 468 g/mol. The highest BCUT2D eigenvalue weighted by Gasteiger charge is 2.20. The summed E-state index contributed by atoms with van der Waals surface area (Å²) in [7, 11) is 1.44. The summed E-state index contributed by atoms with van der Waals surface area (Å²) in [6.07, 6.45) is 1.15. The monoisotopic (exact) mass is 467 g/mol. The number of ether oxygens (including phenoxy) is 1. The van der Waals surface area contributed by atoms with Gasteiger partial charge in [0.2, 0.25) is 0 Å². The van der Waals surface area contributed by atoms with E-state index in [1.807, 2.05) is 0 Å². The Bertz CT molecular complexity index is 1510. The summed E-state index contributed by atoms with van der Waals surface area (Å²) >= 11 is 5.98. The number of azo groups is 1. The molecule has 0 unspecified atom stereocenters. The van der Waals surface area contributed by atoms with Gasteiger partial charge in [-0.3, -0.25) is 19.7 Å². The molecule has 12 nitrogen and oxygen atoms in total. The van der Waals surface area contributed by atoms with Crippen LogP contribution in [0.2, 0.25) is 5.02 Å². The van der Waals surface area contributed by atoms with Crippen molar-refractivity contribution in [1.82, 2.24) is 14.6 Å². The number of nitro benzene ring substituents is 1. The fourth-order valence-corrected chi connectivity index (χ4v) is 3.22. The Balaban J connectivity index is 1.96. The van der Waals surface area contributed by atoms with Crippen LogP contribution in [0.25, 0.3) is 16.9 Å². The first-order chi connectivity index (χ1) is 15.8. The van der Waals surface area contributed by atoms with E-state index in [1.165, 1.54) is 29.8 Å². The lowest BCUT2D eigenvalue weighted by Crippen LogP contribution is -2.24. The number of benzene rings is 2. The van der Waals surface area contributed by atoms with E-state index < -0.39 is 16.4 Å². The fourth-order valence-electron chi connectivity index (χ4n) is 3.06. The van der Waals surface area contributed by atoms with Crippen LogP contribution < -0.4 is 16.0 Å². The summed E-state index contributed by atoms with van der Waals surface area (Å²) in [6.45, 7) is 0. The molecule has 0 bridgehead atoms. The third-order valence-corrected chi connectivity index (χ3v) is 4.84. The molecule has 13 heteroatoms. The smallest absolute Gasteiger partial charge is 0.270 e. The van der Waals surface area contributed by atoms with Crippen LogP contribution >= 0.6 is 11.6 Å². The number of aromatic amines is 1. The molecule has 0 saturated carbocycles. The number of nitrogens with zero attached hydrogens (tertiary/aromatic N) is 5. The number of hydrogen-bond donors (Lipinski definition) is 2. The Kier molecular flexibility index (Phi) is 5.58. The molecule has 0 fully saturated rings. The van der Waals surface area contributed by atoms with Gasteiger partial charge in [0, 0.05) is 35.0 Å². The minimum Gasteiger partial charge on any atom is -0.494 e. The number of rotatable bonds is 6. The topological polar surface area (TPSA) is 170 Å². The van der Waals surface area contributed by atoms with Crippen molar-refractivity contribution in [2.24, 2.45) is 16.0 Å². The molecule has 4 aromatic rings. The molecule has 0 saturated heterocycles. The molecule has 3 N–H and O–H groups in total. The Hall–Kier alpha value is -4.58. The van der Waals surface area contributed by atoms with Crippen molar-refractivity contribution in [2.75, 3.05) is 7.11 Å². The van der Waals surface area contributed by atoms with Crippen LogP contribution in [0, 0.1) is 10.1 Å². The molecule has 1 amide bonds. The maximum Gasteiger partial charge on any atom is 0.270 e. The third-order valence-electron chi connectivity index (χ3n) is 4.61. The van der Waals surface area contributed by atoms with Crippen molar-refractivity contribution in [3.05, 3.63) is 79.7 Å². The van der Waals surface area contributed by atoms with Crippen molar-refractivity contribution < 1.29 is 14.5 Å². The van der Waals surface area contributed by atoms with Crippen LogP contribution in [0.1, 0.15) is 10.4 Å². The van der Waals surface area contributed by atoms with E-state index in [1.54, 1.807) is 24.3 Å². The number of fused-ring (bicyclic) bond motifs is 1. The Morgan fingerprint density at radius 2 is 2.06 bits per heavy atom. The lowest BCUT2D eigenvalue weighted by Gasteiger charge is -2.03.